The fourth-order valence-corrected chi connectivity index (χ4v) is 4.82. The van der Waals surface area contributed by atoms with Gasteiger partial charge in [-0.3, -0.25) is 14.5 Å². The maximum Gasteiger partial charge on any atom is 0.247 e. The van der Waals surface area contributed by atoms with E-state index < -0.39 is 27.4 Å². The van der Waals surface area contributed by atoms with E-state index in [2.05, 4.69) is 5.32 Å². The highest BCUT2D eigenvalue weighted by atomic mass is 35.5. The lowest BCUT2D eigenvalue weighted by Crippen LogP contribution is -2.70. The molecule has 1 aliphatic rings. The number of sulfonamides is 1. The lowest BCUT2D eigenvalue weighted by Gasteiger charge is -2.46. The van der Waals surface area contributed by atoms with Crippen molar-refractivity contribution in [1.82, 2.24) is 9.62 Å². The second kappa shape index (κ2) is 8.61. The molecule has 1 fully saturated rings. The molecule has 0 radical (unpaired) electrons. The Kier molecular flexibility index (Phi) is 6.45. The van der Waals surface area contributed by atoms with Gasteiger partial charge in [-0.25, -0.2) is 8.42 Å². The van der Waals surface area contributed by atoms with Crippen LogP contribution in [-0.4, -0.2) is 49.4 Å². The first-order chi connectivity index (χ1) is 14.4. The second-order valence-corrected chi connectivity index (χ2v) is 10.6. The van der Waals surface area contributed by atoms with Crippen molar-refractivity contribution in [3.63, 3.8) is 0 Å². The third-order valence-electron chi connectivity index (χ3n) is 5.33. The Bertz CT molecular complexity index is 1100. The van der Waals surface area contributed by atoms with E-state index in [0.29, 0.717) is 10.7 Å². The summed E-state index contributed by atoms with van der Waals surface area (Å²) in [4.78, 5) is 27.9. The molecule has 0 unspecified atom stereocenters. The van der Waals surface area contributed by atoms with Gasteiger partial charge in [0.25, 0.3) is 0 Å². The van der Waals surface area contributed by atoms with E-state index in [4.69, 9.17) is 11.6 Å². The molecule has 1 N–H and O–H groups in total. The van der Waals surface area contributed by atoms with E-state index in [1.54, 1.807) is 31.2 Å². The highest BCUT2D eigenvalue weighted by molar-refractivity contribution is 7.88. The van der Waals surface area contributed by atoms with Crippen LogP contribution in [0.2, 0.25) is 5.02 Å². The summed E-state index contributed by atoms with van der Waals surface area (Å²) < 4.78 is 25.5. The molecular formula is C22H26ClN3O4S. The van der Waals surface area contributed by atoms with E-state index in [-0.39, 0.29) is 19.6 Å². The third kappa shape index (κ3) is 5.08. The van der Waals surface area contributed by atoms with Gasteiger partial charge in [0.1, 0.15) is 5.54 Å². The highest BCUT2D eigenvalue weighted by Crippen LogP contribution is 2.32. The van der Waals surface area contributed by atoms with Crippen LogP contribution in [0.15, 0.2) is 42.5 Å². The summed E-state index contributed by atoms with van der Waals surface area (Å²) in [5.74, 6) is -0.894. The fraction of sp³-hybridized carbons (Fsp3) is 0.364. The van der Waals surface area contributed by atoms with Crippen molar-refractivity contribution in [2.45, 2.75) is 32.9 Å². The molecule has 166 valence electrons. The van der Waals surface area contributed by atoms with Crippen molar-refractivity contribution in [3.05, 3.63) is 64.2 Å². The molecule has 3 rings (SSSR count). The van der Waals surface area contributed by atoms with Crippen LogP contribution < -0.4 is 10.2 Å². The van der Waals surface area contributed by atoms with E-state index >= 15 is 0 Å². The standard InChI is InChI=1S/C22H26ClN3O4S/c1-15-9-16(2)11-19(10-15)26-20(27)13-25(31(4,29)30)14-22(26,3)21(28)24-12-17-5-7-18(23)8-6-17/h5-11H,12-14H2,1-4H3,(H,24,28)/t22-/m0/s1. The molecule has 1 aliphatic heterocycles. The lowest BCUT2D eigenvalue weighted by atomic mass is 9.93. The predicted molar refractivity (Wildman–Crippen MR) is 122 cm³/mol. The maximum absolute atomic E-state index is 13.4. The molecule has 0 aliphatic carbocycles. The Labute approximate surface area is 188 Å². The number of hydrogen-bond donors (Lipinski definition) is 1. The first kappa shape index (κ1) is 23.2. The monoisotopic (exact) mass is 463 g/mol. The number of hydrogen-bond acceptors (Lipinski definition) is 4. The number of nitrogens with zero attached hydrogens (tertiary/aromatic N) is 2. The Hall–Kier alpha value is -2.42. The van der Waals surface area contributed by atoms with Crippen molar-refractivity contribution in [2.75, 3.05) is 24.2 Å². The van der Waals surface area contributed by atoms with Gasteiger partial charge in [0.05, 0.1) is 12.8 Å². The van der Waals surface area contributed by atoms with Crippen LogP contribution in [0.3, 0.4) is 0 Å². The Morgan fingerprint density at radius 2 is 1.71 bits per heavy atom. The number of amides is 2. The van der Waals surface area contributed by atoms with E-state index in [9.17, 15) is 18.0 Å². The van der Waals surface area contributed by atoms with Gasteiger partial charge in [-0.2, -0.15) is 4.31 Å². The average Bonchev–Trinajstić information content (AvgIpc) is 2.65. The van der Waals surface area contributed by atoms with Gasteiger partial charge >= 0.3 is 0 Å². The minimum absolute atomic E-state index is 0.142. The van der Waals surface area contributed by atoms with Crippen LogP contribution in [0.4, 0.5) is 5.69 Å². The van der Waals surface area contributed by atoms with Crippen LogP contribution in [0.25, 0.3) is 0 Å². The Morgan fingerprint density at radius 3 is 2.26 bits per heavy atom. The Balaban J connectivity index is 1.98. The molecule has 1 heterocycles. The summed E-state index contributed by atoms with van der Waals surface area (Å²) in [5, 5.41) is 3.44. The lowest BCUT2D eigenvalue weighted by molar-refractivity contribution is -0.133. The highest BCUT2D eigenvalue weighted by Gasteiger charge is 2.50. The number of benzene rings is 2. The van der Waals surface area contributed by atoms with Gasteiger partial charge in [-0.15, -0.1) is 0 Å². The maximum atomic E-state index is 13.4. The van der Waals surface area contributed by atoms with Crippen LogP contribution in [0, 0.1) is 13.8 Å². The third-order valence-corrected chi connectivity index (χ3v) is 6.78. The van der Waals surface area contributed by atoms with Crippen LogP contribution in [0.5, 0.6) is 0 Å². The van der Waals surface area contributed by atoms with Gasteiger partial charge in [-0.05, 0) is 61.7 Å². The molecule has 31 heavy (non-hydrogen) atoms. The van der Waals surface area contributed by atoms with E-state index in [1.165, 1.54) is 4.90 Å². The number of carbonyl (C=O) groups is 2. The first-order valence-electron chi connectivity index (χ1n) is 9.79. The summed E-state index contributed by atoms with van der Waals surface area (Å²) in [7, 11) is -3.67. The van der Waals surface area contributed by atoms with Gasteiger partial charge in [0, 0.05) is 23.8 Å². The van der Waals surface area contributed by atoms with Crippen molar-refractivity contribution < 1.29 is 18.0 Å². The van der Waals surface area contributed by atoms with Crippen molar-refractivity contribution in [2.24, 2.45) is 0 Å². The summed E-state index contributed by atoms with van der Waals surface area (Å²) >= 11 is 5.91. The molecule has 0 bridgehead atoms. The number of carbonyl (C=O) groups excluding carboxylic acids is 2. The average molecular weight is 464 g/mol. The van der Waals surface area contributed by atoms with E-state index in [0.717, 1.165) is 27.3 Å². The number of aryl methyl sites for hydroxylation is 2. The SMILES string of the molecule is Cc1cc(C)cc(N2C(=O)CN(S(C)(=O)=O)C[C@@]2(C)C(=O)NCc2ccc(Cl)cc2)c1. The fourth-order valence-electron chi connectivity index (χ4n) is 3.86. The Morgan fingerprint density at radius 1 is 1.13 bits per heavy atom. The molecule has 7 nitrogen and oxygen atoms in total. The minimum atomic E-state index is -3.67. The molecule has 2 amide bonds. The zero-order valence-electron chi connectivity index (χ0n) is 18.0. The normalized spacial score (nSPS) is 20.0. The number of piperazine rings is 1. The number of nitrogens with one attached hydrogen (secondary N) is 1. The molecular weight excluding hydrogens is 438 g/mol. The van der Waals surface area contributed by atoms with Crippen molar-refractivity contribution >= 4 is 39.1 Å². The summed E-state index contributed by atoms with van der Waals surface area (Å²) in [6, 6.07) is 12.7. The van der Waals surface area contributed by atoms with Crippen LogP contribution in [-0.2, 0) is 26.2 Å². The van der Waals surface area contributed by atoms with Crippen LogP contribution >= 0.6 is 11.6 Å². The van der Waals surface area contributed by atoms with Gasteiger partial charge in [-0.1, -0.05) is 29.8 Å². The number of halogens is 1. The summed E-state index contributed by atoms with van der Waals surface area (Å²) in [5.41, 5.74) is 1.86. The molecule has 2 aromatic carbocycles. The topological polar surface area (TPSA) is 86.8 Å². The molecule has 0 aromatic heterocycles. The van der Waals surface area contributed by atoms with Gasteiger partial charge in [0.15, 0.2) is 0 Å². The van der Waals surface area contributed by atoms with E-state index in [1.807, 2.05) is 32.0 Å². The summed E-state index contributed by atoms with van der Waals surface area (Å²) in [6.07, 6.45) is 1.04. The van der Waals surface area contributed by atoms with Gasteiger partial charge < -0.3 is 5.32 Å². The zero-order chi connectivity index (χ0) is 23.0. The zero-order valence-corrected chi connectivity index (χ0v) is 19.5. The smallest absolute Gasteiger partial charge is 0.247 e. The molecule has 0 spiro atoms. The number of rotatable bonds is 5. The molecule has 1 atom stereocenters. The molecule has 2 aromatic rings. The number of anilines is 1. The molecule has 1 saturated heterocycles. The molecule has 9 heteroatoms. The second-order valence-electron chi connectivity index (χ2n) is 8.19. The molecule has 0 saturated carbocycles. The quantitative estimate of drug-likeness (QED) is 0.738. The van der Waals surface area contributed by atoms with Gasteiger partial charge in [0.2, 0.25) is 21.8 Å². The predicted octanol–water partition coefficient (Wildman–Crippen LogP) is 2.64. The van der Waals surface area contributed by atoms with Crippen molar-refractivity contribution in [3.8, 4) is 0 Å². The summed E-state index contributed by atoms with van der Waals surface area (Å²) in [6.45, 7) is 5.18. The largest absolute Gasteiger partial charge is 0.350 e. The first-order valence-corrected chi connectivity index (χ1v) is 12.0. The van der Waals surface area contributed by atoms with Crippen LogP contribution in [0.1, 0.15) is 23.6 Å². The van der Waals surface area contributed by atoms with Crippen molar-refractivity contribution in [1.29, 1.82) is 0 Å². The minimum Gasteiger partial charge on any atom is -0.350 e.